The summed E-state index contributed by atoms with van der Waals surface area (Å²) in [4.78, 5) is 27.6. The summed E-state index contributed by atoms with van der Waals surface area (Å²) in [7, 11) is 0. The van der Waals surface area contributed by atoms with Crippen LogP contribution in [0.5, 0.6) is 0 Å². The molecule has 108 valence electrons. The van der Waals surface area contributed by atoms with Crippen molar-refractivity contribution >= 4 is 27.7 Å². The molecule has 0 atom stereocenters. The highest BCUT2D eigenvalue weighted by molar-refractivity contribution is 9.10. The van der Waals surface area contributed by atoms with Crippen molar-refractivity contribution in [1.82, 2.24) is 15.6 Å². The summed E-state index contributed by atoms with van der Waals surface area (Å²) in [6, 6.07) is 12.4. The SMILES string of the molecule is O=C(CNC(=O)c1ccc(Br)cc1)NCc1ccccn1. The molecule has 21 heavy (non-hydrogen) atoms. The van der Waals surface area contributed by atoms with Gasteiger partial charge in [0.15, 0.2) is 0 Å². The van der Waals surface area contributed by atoms with Crippen LogP contribution in [-0.4, -0.2) is 23.3 Å². The van der Waals surface area contributed by atoms with E-state index in [1.807, 2.05) is 18.2 Å². The molecule has 6 heteroatoms. The number of carbonyl (C=O) groups is 2. The van der Waals surface area contributed by atoms with E-state index >= 15 is 0 Å². The Morgan fingerprint density at radius 1 is 1.05 bits per heavy atom. The van der Waals surface area contributed by atoms with Crippen LogP contribution in [0, 0.1) is 0 Å². The lowest BCUT2D eigenvalue weighted by atomic mass is 10.2. The molecule has 2 rings (SSSR count). The molecule has 2 aromatic rings. The Kier molecular flexibility index (Phi) is 5.45. The van der Waals surface area contributed by atoms with Gasteiger partial charge in [0.05, 0.1) is 18.8 Å². The summed E-state index contributed by atoms with van der Waals surface area (Å²) in [5.74, 6) is -0.540. The average molecular weight is 348 g/mol. The minimum Gasteiger partial charge on any atom is -0.349 e. The van der Waals surface area contributed by atoms with Gasteiger partial charge in [0.1, 0.15) is 0 Å². The third-order valence-corrected chi connectivity index (χ3v) is 3.24. The van der Waals surface area contributed by atoms with Gasteiger partial charge in [-0.3, -0.25) is 14.6 Å². The number of rotatable bonds is 5. The number of benzene rings is 1. The fourth-order valence-electron chi connectivity index (χ4n) is 1.62. The molecule has 1 heterocycles. The molecule has 2 amide bonds. The van der Waals surface area contributed by atoms with Gasteiger partial charge in [-0.15, -0.1) is 0 Å². The molecular weight excluding hydrogens is 334 g/mol. The highest BCUT2D eigenvalue weighted by Gasteiger charge is 2.07. The van der Waals surface area contributed by atoms with Gasteiger partial charge >= 0.3 is 0 Å². The molecule has 0 saturated heterocycles. The summed E-state index contributed by atoms with van der Waals surface area (Å²) in [5, 5.41) is 5.26. The summed E-state index contributed by atoms with van der Waals surface area (Å²) in [6.07, 6.45) is 1.66. The number of aromatic nitrogens is 1. The first-order valence-electron chi connectivity index (χ1n) is 6.35. The third kappa shape index (κ3) is 5.00. The molecule has 0 aliphatic rings. The van der Waals surface area contributed by atoms with Gasteiger partial charge in [0.25, 0.3) is 5.91 Å². The molecule has 1 aromatic carbocycles. The summed E-state index contributed by atoms with van der Waals surface area (Å²) >= 11 is 3.30. The van der Waals surface area contributed by atoms with Crippen molar-refractivity contribution in [2.75, 3.05) is 6.54 Å². The van der Waals surface area contributed by atoms with E-state index in [0.717, 1.165) is 10.2 Å². The standard InChI is InChI=1S/C15H14BrN3O2/c16-12-6-4-11(5-7-12)15(21)19-10-14(20)18-9-13-3-1-2-8-17-13/h1-8H,9-10H2,(H,18,20)(H,19,21). The van der Waals surface area contributed by atoms with Crippen LogP contribution in [0.15, 0.2) is 53.1 Å². The van der Waals surface area contributed by atoms with E-state index in [1.54, 1.807) is 30.5 Å². The van der Waals surface area contributed by atoms with Gasteiger partial charge in [-0.25, -0.2) is 0 Å². The normalized spacial score (nSPS) is 9.95. The van der Waals surface area contributed by atoms with Crippen molar-refractivity contribution < 1.29 is 9.59 Å². The third-order valence-electron chi connectivity index (χ3n) is 2.71. The minimum absolute atomic E-state index is 0.0677. The van der Waals surface area contributed by atoms with Crippen LogP contribution in [0.25, 0.3) is 0 Å². The molecule has 0 spiro atoms. The maximum Gasteiger partial charge on any atom is 0.251 e. The Labute approximate surface area is 130 Å². The Morgan fingerprint density at radius 3 is 2.48 bits per heavy atom. The van der Waals surface area contributed by atoms with Crippen molar-refractivity contribution in [1.29, 1.82) is 0 Å². The molecular formula is C15H14BrN3O2. The van der Waals surface area contributed by atoms with Crippen molar-refractivity contribution in [2.45, 2.75) is 6.54 Å². The highest BCUT2D eigenvalue weighted by atomic mass is 79.9. The van der Waals surface area contributed by atoms with Crippen LogP contribution in [0.4, 0.5) is 0 Å². The maximum absolute atomic E-state index is 11.8. The van der Waals surface area contributed by atoms with Gasteiger partial charge in [0, 0.05) is 16.2 Å². The van der Waals surface area contributed by atoms with Crippen molar-refractivity contribution in [3.05, 3.63) is 64.4 Å². The molecule has 0 fully saturated rings. The first kappa shape index (κ1) is 15.2. The number of nitrogens with zero attached hydrogens (tertiary/aromatic N) is 1. The van der Waals surface area contributed by atoms with Gasteiger partial charge in [0.2, 0.25) is 5.91 Å². The van der Waals surface area contributed by atoms with E-state index in [2.05, 4.69) is 31.5 Å². The van der Waals surface area contributed by atoms with E-state index in [0.29, 0.717) is 12.1 Å². The zero-order chi connectivity index (χ0) is 15.1. The van der Waals surface area contributed by atoms with Gasteiger partial charge in [-0.05, 0) is 36.4 Å². The zero-order valence-electron chi connectivity index (χ0n) is 11.2. The number of amides is 2. The highest BCUT2D eigenvalue weighted by Crippen LogP contribution is 2.10. The predicted octanol–water partition coefficient (Wildman–Crippen LogP) is 1.89. The lowest BCUT2D eigenvalue weighted by Gasteiger charge is -2.07. The summed E-state index contributed by atoms with van der Waals surface area (Å²) in [6.45, 7) is 0.273. The molecule has 0 radical (unpaired) electrons. The monoisotopic (exact) mass is 347 g/mol. The van der Waals surface area contributed by atoms with Gasteiger partial charge < -0.3 is 10.6 Å². The van der Waals surface area contributed by atoms with Crippen LogP contribution >= 0.6 is 15.9 Å². The Balaban J connectivity index is 1.76. The quantitative estimate of drug-likeness (QED) is 0.867. The summed E-state index contributed by atoms with van der Waals surface area (Å²) < 4.78 is 0.896. The fourth-order valence-corrected chi connectivity index (χ4v) is 1.88. The van der Waals surface area contributed by atoms with Crippen LogP contribution < -0.4 is 10.6 Å². The lowest BCUT2D eigenvalue weighted by molar-refractivity contribution is -0.120. The van der Waals surface area contributed by atoms with Crippen LogP contribution in [0.1, 0.15) is 16.1 Å². The number of hydrogen-bond donors (Lipinski definition) is 2. The molecule has 0 saturated carbocycles. The van der Waals surface area contributed by atoms with E-state index in [9.17, 15) is 9.59 Å². The van der Waals surface area contributed by atoms with E-state index < -0.39 is 0 Å². The van der Waals surface area contributed by atoms with Crippen molar-refractivity contribution in [3.63, 3.8) is 0 Å². The Morgan fingerprint density at radius 2 is 1.81 bits per heavy atom. The number of carbonyl (C=O) groups excluding carboxylic acids is 2. The topological polar surface area (TPSA) is 71.1 Å². The largest absolute Gasteiger partial charge is 0.349 e. The van der Waals surface area contributed by atoms with Crippen molar-refractivity contribution in [2.24, 2.45) is 0 Å². The van der Waals surface area contributed by atoms with E-state index in [-0.39, 0.29) is 18.4 Å². The second-order valence-electron chi connectivity index (χ2n) is 4.29. The zero-order valence-corrected chi connectivity index (χ0v) is 12.8. The number of nitrogens with one attached hydrogen (secondary N) is 2. The smallest absolute Gasteiger partial charge is 0.251 e. The molecule has 1 aromatic heterocycles. The number of halogens is 1. The molecule has 0 aliphatic carbocycles. The Hall–Kier alpha value is -2.21. The Bertz CT molecular complexity index is 615. The number of hydrogen-bond acceptors (Lipinski definition) is 3. The van der Waals surface area contributed by atoms with Gasteiger partial charge in [-0.1, -0.05) is 22.0 Å². The lowest BCUT2D eigenvalue weighted by Crippen LogP contribution is -2.36. The van der Waals surface area contributed by atoms with Gasteiger partial charge in [-0.2, -0.15) is 0 Å². The molecule has 0 bridgehead atoms. The summed E-state index contributed by atoms with van der Waals surface area (Å²) in [5.41, 5.74) is 1.28. The fraction of sp³-hybridized carbons (Fsp3) is 0.133. The molecule has 0 aliphatic heterocycles. The minimum atomic E-state index is -0.282. The van der Waals surface area contributed by atoms with E-state index in [1.165, 1.54) is 0 Å². The number of pyridine rings is 1. The van der Waals surface area contributed by atoms with Crippen molar-refractivity contribution in [3.8, 4) is 0 Å². The second-order valence-corrected chi connectivity index (χ2v) is 5.20. The van der Waals surface area contributed by atoms with Crippen LogP contribution in [-0.2, 0) is 11.3 Å². The van der Waals surface area contributed by atoms with Crippen LogP contribution in [0.3, 0.4) is 0 Å². The first-order chi connectivity index (χ1) is 10.1. The first-order valence-corrected chi connectivity index (χ1v) is 7.15. The average Bonchev–Trinajstić information content (AvgIpc) is 2.52. The second kappa shape index (κ2) is 7.54. The van der Waals surface area contributed by atoms with Crippen LogP contribution in [0.2, 0.25) is 0 Å². The maximum atomic E-state index is 11.8. The molecule has 5 nitrogen and oxygen atoms in total. The predicted molar refractivity (Wildman–Crippen MR) is 82.6 cm³/mol. The molecule has 0 unspecified atom stereocenters. The van der Waals surface area contributed by atoms with E-state index in [4.69, 9.17) is 0 Å². The molecule has 2 N–H and O–H groups in total.